The van der Waals surface area contributed by atoms with Gasteiger partial charge in [-0.3, -0.25) is 4.90 Å². The fraction of sp³-hybridized carbons (Fsp3) is 0.467. The van der Waals surface area contributed by atoms with Gasteiger partial charge in [0.1, 0.15) is 6.04 Å². The molecule has 0 aliphatic carbocycles. The summed E-state index contributed by atoms with van der Waals surface area (Å²) in [6, 6.07) is 6.12. The number of para-hydroxylation sites is 1. The number of benzene rings is 1. The number of anilines is 1. The maximum Gasteiger partial charge on any atom is 0.326 e. The first kappa shape index (κ1) is 15.3. The van der Waals surface area contributed by atoms with Crippen molar-refractivity contribution in [1.82, 2.24) is 5.32 Å². The van der Waals surface area contributed by atoms with Crippen molar-refractivity contribution in [1.29, 1.82) is 0 Å². The number of aliphatic carboxylic acids is 1. The van der Waals surface area contributed by atoms with Gasteiger partial charge < -0.3 is 15.5 Å². The second-order valence-corrected chi connectivity index (χ2v) is 5.24. The molecular weight excluding hydrogens is 272 g/mol. The molecule has 2 rings (SSSR count). The highest BCUT2D eigenvalue weighted by molar-refractivity contribution is 5.96. The third-order valence-corrected chi connectivity index (χ3v) is 3.76. The molecule has 1 aliphatic heterocycles. The molecule has 0 spiro atoms. The number of nitrogens with zero attached hydrogens (tertiary/aromatic N) is 1. The van der Waals surface area contributed by atoms with E-state index in [1.54, 1.807) is 4.90 Å². The van der Waals surface area contributed by atoms with Gasteiger partial charge in [0, 0.05) is 24.8 Å². The first-order valence-electron chi connectivity index (χ1n) is 7.06. The molecule has 21 heavy (non-hydrogen) atoms. The van der Waals surface area contributed by atoms with Crippen molar-refractivity contribution >= 4 is 17.7 Å². The minimum Gasteiger partial charge on any atom is -0.480 e. The molecule has 1 heterocycles. The molecule has 2 amide bonds. The predicted octanol–water partition coefficient (Wildman–Crippen LogP) is 1.37. The van der Waals surface area contributed by atoms with Gasteiger partial charge in [0.25, 0.3) is 0 Å². The van der Waals surface area contributed by atoms with E-state index in [-0.39, 0.29) is 19.1 Å². The lowest BCUT2D eigenvalue weighted by molar-refractivity contribution is -0.139. The Morgan fingerprint density at radius 1 is 1.43 bits per heavy atom. The molecule has 3 N–H and O–H groups in total. The van der Waals surface area contributed by atoms with Crippen molar-refractivity contribution in [3.05, 3.63) is 29.8 Å². The average Bonchev–Trinajstić information content (AvgIpc) is 2.46. The van der Waals surface area contributed by atoms with Crippen LogP contribution in [0.1, 0.15) is 25.3 Å². The van der Waals surface area contributed by atoms with Crippen molar-refractivity contribution < 1.29 is 19.8 Å². The molecule has 6 heteroatoms. The molecule has 0 saturated heterocycles. The molecule has 1 aromatic rings. The minimum absolute atomic E-state index is 0.00321. The topological polar surface area (TPSA) is 89.9 Å². The molecule has 1 aliphatic rings. The summed E-state index contributed by atoms with van der Waals surface area (Å²) in [5, 5.41) is 20.4. The lowest BCUT2D eigenvalue weighted by Crippen LogP contribution is -2.52. The number of urea groups is 1. The number of carbonyl (C=O) groups is 2. The van der Waals surface area contributed by atoms with Gasteiger partial charge in [-0.15, -0.1) is 0 Å². The monoisotopic (exact) mass is 292 g/mol. The number of aliphatic hydroxyl groups is 1. The summed E-state index contributed by atoms with van der Waals surface area (Å²) in [6.07, 6.45) is 1.73. The zero-order chi connectivity index (χ0) is 15.4. The molecule has 0 bridgehead atoms. The molecule has 1 aromatic carbocycles. The number of carboxylic acids is 1. The van der Waals surface area contributed by atoms with E-state index in [4.69, 9.17) is 10.2 Å². The fourth-order valence-corrected chi connectivity index (χ4v) is 2.60. The number of aryl methyl sites for hydroxylation is 1. The van der Waals surface area contributed by atoms with Crippen molar-refractivity contribution in [3.63, 3.8) is 0 Å². The zero-order valence-corrected chi connectivity index (χ0v) is 12.0. The standard InChI is InChI=1S/C15H20N2O4/c1-10-6-7-11-4-2-3-5-13(11)17(10)15(21)16-12(8-9-18)14(19)20/h2-5,10,12,18H,6-9H2,1H3,(H,16,21)(H,19,20)/t10?,12-/m1/s1. The summed E-state index contributed by atoms with van der Waals surface area (Å²) in [7, 11) is 0. The van der Waals surface area contributed by atoms with Crippen LogP contribution in [-0.4, -0.2) is 40.9 Å². The van der Waals surface area contributed by atoms with Crippen LogP contribution in [0.3, 0.4) is 0 Å². The van der Waals surface area contributed by atoms with Crippen LogP contribution in [0.25, 0.3) is 0 Å². The van der Waals surface area contributed by atoms with Crippen LogP contribution < -0.4 is 10.2 Å². The Kier molecular flexibility index (Phi) is 4.80. The maximum absolute atomic E-state index is 12.4. The van der Waals surface area contributed by atoms with E-state index in [2.05, 4.69) is 5.32 Å². The van der Waals surface area contributed by atoms with E-state index in [0.29, 0.717) is 0 Å². The van der Waals surface area contributed by atoms with E-state index < -0.39 is 18.0 Å². The average molecular weight is 292 g/mol. The second-order valence-electron chi connectivity index (χ2n) is 5.24. The summed E-state index contributed by atoms with van der Waals surface area (Å²) in [5.41, 5.74) is 1.90. The third kappa shape index (κ3) is 3.33. The van der Waals surface area contributed by atoms with Crippen molar-refractivity contribution in [2.45, 2.75) is 38.3 Å². The smallest absolute Gasteiger partial charge is 0.326 e. The Bertz CT molecular complexity index is 532. The maximum atomic E-state index is 12.4. The van der Waals surface area contributed by atoms with E-state index in [9.17, 15) is 9.59 Å². The van der Waals surface area contributed by atoms with Gasteiger partial charge in [0.15, 0.2) is 0 Å². The predicted molar refractivity (Wildman–Crippen MR) is 78.4 cm³/mol. The van der Waals surface area contributed by atoms with Crippen LogP contribution in [0.15, 0.2) is 24.3 Å². The summed E-state index contributed by atoms with van der Waals surface area (Å²) in [5.74, 6) is -1.14. The van der Waals surface area contributed by atoms with Crippen LogP contribution in [0.2, 0.25) is 0 Å². The molecule has 2 atom stereocenters. The molecule has 1 unspecified atom stereocenters. The number of carbonyl (C=O) groups excluding carboxylic acids is 1. The van der Waals surface area contributed by atoms with Gasteiger partial charge in [-0.1, -0.05) is 18.2 Å². The van der Waals surface area contributed by atoms with Gasteiger partial charge in [-0.25, -0.2) is 9.59 Å². The number of carboxylic acid groups (broad SMARTS) is 1. The number of amides is 2. The van der Waals surface area contributed by atoms with Crippen molar-refractivity contribution in [2.75, 3.05) is 11.5 Å². The molecule has 0 radical (unpaired) electrons. The third-order valence-electron chi connectivity index (χ3n) is 3.76. The summed E-state index contributed by atoms with van der Waals surface area (Å²) in [4.78, 5) is 25.1. The van der Waals surface area contributed by atoms with Crippen LogP contribution in [-0.2, 0) is 11.2 Å². The van der Waals surface area contributed by atoms with Crippen LogP contribution in [0, 0.1) is 0 Å². The molecule has 0 fully saturated rings. The van der Waals surface area contributed by atoms with Crippen LogP contribution >= 0.6 is 0 Å². The molecular formula is C15H20N2O4. The summed E-state index contributed by atoms with van der Waals surface area (Å²) in [6.45, 7) is 1.65. The fourth-order valence-electron chi connectivity index (χ4n) is 2.60. The number of hydrogen-bond donors (Lipinski definition) is 3. The largest absolute Gasteiger partial charge is 0.480 e. The Labute approximate surface area is 123 Å². The number of fused-ring (bicyclic) bond motifs is 1. The number of aliphatic hydroxyl groups excluding tert-OH is 1. The Hall–Kier alpha value is -2.08. The first-order valence-corrected chi connectivity index (χ1v) is 7.06. The van der Waals surface area contributed by atoms with Crippen LogP contribution in [0.4, 0.5) is 10.5 Å². The molecule has 0 aromatic heterocycles. The van der Waals surface area contributed by atoms with Crippen LogP contribution in [0.5, 0.6) is 0 Å². The second kappa shape index (κ2) is 6.58. The molecule has 114 valence electrons. The van der Waals surface area contributed by atoms with Gasteiger partial charge in [-0.2, -0.15) is 0 Å². The van der Waals surface area contributed by atoms with Gasteiger partial charge >= 0.3 is 12.0 Å². The number of rotatable bonds is 4. The van der Waals surface area contributed by atoms with Crippen molar-refractivity contribution in [3.8, 4) is 0 Å². The normalized spacial score (nSPS) is 18.8. The Morgan fingerprint density at radius 2 is 2.14 bits per heavy atom. The lowest BCUT2D eigenvalue weighted by atomic mass is 9.97. The minimum atomic E-state index is -1.14. The number of nitrogens with one attached hydrogen (secondary N) is 1. The van der Waals surface area contributed by atoms with Gasteiger partial charge in [-0.05, 0) is 31.4 Å². The van der Waals surface area contributed by atoms with Crippen molar-refractivity contribution in [2.24, 2.45) is 0 Å². The quantitative estimate of drug-likeness (QED) is 0.782. The molecule has 0 saturated carbocycles. The SMILES string of the molecule is CC1CCc2ccccc2N1C(=O)N[C@H](CCO)C(=O)O. The van der Waals surface area contributed by atoms with Gasteiger partial charge in [0.05, 0.1) is 0 Å². The van der Waals surface area contributed by atoms with Gasteiger partial charge in [0.2, 0.25) is 0 Å². The Balaban J connectivity index is 2.20. The highest BCUT2D eigenvalue weighted by Gasteiger charge is 2.30. The Morgan fingerprint density at radius 3 is 2.81 bits per heavy atom. The zero-order valence-electron chi connectivity index (χ0n) is 12.0. The highest BCUT2D eigenvalue weighted by Crippen LogP contribution is 2.30. The molecule has 6 nitrogen and oxygen atoms in total. The highest BCUT2D eigenvalue weighted by atomic mass is 16.4. The van der Waals surface area contributed by atoms with E-state index in [1.165, 1.54) is 0 Å². The lowest BCUT2D eigenvalue weighted by Gasteiger charge is -2.35. The van der Waals surface area contributed by atoms with E-state index in [1.807, 2.05) is 31.2 Å². The summed E-state index contributed by atoms with van der Waals surface area (Å²) < 4.78 is 0. The summed E-state index contributed by atoms with van der Waals surface area (Å²) >= 11 is 0. The van der Waals surface area contributed by atoms with E-state index >= 15 is 0 Å². The first-order chi connectivity index (χ1) is 10.0. The number of hydrogen-bond acceptors (Lipinski definition) is 3. The van der Waals surface area contributed by atoms with E-state index in [0.717, 1.165) is 24.1 Å².